The van der Waals surface area contributed by atoms with Crippen molar-refractivity contribution in [1.29, 1.82) is 0 Å². The lowest BCUT2D eigenvalue weighted by Gasteiger charge is -2.42. The van der Waals surface area contributed by atoms with Crippen LogP contribution in [-0.4, -0.2) is 77.6 Å². The number of rotatable bonds is 4. The molecule has 8 nitrogen and oxygen atoms in total. The number of amides is 1. The van der Waals surface area contributed by atoms with Crippen LogP contribution in [0.5, 0.6) is 0 Å². The van der Waals surface area contributed by atoms with E-state index in [0.717, 1.165) is 47.4 Å². The van der Waals surface area contributed by atoms with Gasteiger partial charge >= 0.3 is 6.09 Å². The van der Waals surface area contributed by atoms with Gasteiger partial charge in [-0.1, -0.05) is 6.08 Å². The van der Waals surface area contributed by atoms with Gasteiger partial charge in [-0.3, -0.25) is 0 Å². The third-order valence-corrected chi connectivity index (χ3v) is 6.53. The lowest BCUT2D eigenvalue weighted by molar-refractivity contribution is 0.0273. The smallest absolute Gasteiger partial charge is 0.410 e. The lowest BCUT2D eigenvalue weighted by Crippen LogP contribution is -2.51. The van der Waals surface area contributed by atoms with Gasteiger partial charge in [0.2, 0.25) is 0 Å². The number of aromatic nitrogens is 2. The van der Waals surface area contributed by atoms with Crippen molar-refractivity contribution >= 4 is 28.4 Å². The molecule has 0 N–H and O–H groups in total. The van der Waals surface area contributed by atoms with Gasteiger partial charge in [-0.05, 0) is 86.7 Å². The maximum atomic E-state index is 12.6. The Hall–Kier alpha value is -2.61. The number of carbonyl (C=O) groups excluding carboxylic acids is 1. The second-order valence-electron chi connectivity index (χ2n) is 10.3. The van der Waals surface area contributed by atoms with E-state index in [4.69, 9.17) is 9.37 Å². The summed E-state index contributed by atoms with van der Waals surface area (Å²) < 4.78 is 10.7. The summed E-state index contributed by atoms with van der Waals surface area (Å²) in [5.74, 6) is 0.697. The van der Waals surface area contributed by atoms with Crippen LogP contribution in [0.25, 0.3) is 16.6 Å². The molecule has 2 saturated heterocycles. The van der Waals surface area contributed by atoms with E-state index < -0.39 is 5.60 Å². The maximum Gasteiger partial charge on any atom is 0.410 e. The zero-order chi connectivity index (χ0) is 22.3. The second kappa shape index (κ2) is 8.39. The molecule has 0 aliphatic carbocycles. The number of benzene rings is 1. The fourth-order valence-corrected chi connectivity index (χ4v) is 4.95. The molecule has 3 aliphatic rings. The molecule has 0 spiro atoms. The summed E-state index contributed by atoms with van der Waals surface area (Å²) in [4.78, 5) is 19.3. The summed E-state index contributed by atoms with van der Waals surface area (Å²) in [6.45, 7) is 12.6. The van der Waals surface area contributed by atoms with E-state index in [9.17, 15) is 4.79 Å². The minimum absolute atomic E-state index is 0.264. The molecule has 5 rings (SSSR count). The van der Waals surface area contributed by atoms with Gasteiger partial charge < -0.3 is 19.4 Å². The molecule has 1 aromatic carbocycles. The Bertz CT molecular complexity index is 1010. The van der Waals surface area contributed by atoms with E-state index in [0.29, 0.717) is 19.0 Å². The van der Waals surface area contributed by atoms with Crippen molar-refractivity contribution in [3.8, 4) is 0 Å². The predicted molar refractivity (Wildman–Crippen MR) is 124 cm³/mol. The van der Waals surface area contributed by atoms with Gasteiger partial charge in [-0.2, -0.15) is 0 Å². The van der Waals surface area contributed by atoms with Gasteiger partial charge in [0.05, 0.1) is 5.69 Å². The van der Waals surface area contributed by atoms with Gasteiger partial charge in [0.15, 0.2) is 5.52 Å². The first-order valence-corrected chi connectivity index (χ1v) is 11.8. The summed E-state index contributed by atoms with van der Waals surface area (Å²) in [5, 5.41) is 8.30. The quantitative estimate of drug-likeness (QED) is 0.718. The lowest BCUT2D eigenvalue weighted by atomic mass is 9.95. The first-order chi connectivity index (χ1) is 15.4. The Labute approximate surface area is 189 Å². The highest BCUT2D eigenvalue weighted by Gasteiger charge is 2.32. The van der Waals surface area contributed by atoms with Crippen molar-refractivity contribution in [2.75, 3.05) is 50.7 Å². The normalized spacial score (nSPS) is 20.5. The van der Waals surface area contributed by atoms with E-state index in [1.54, 1.807) is 4.90 Å². The maximum absolute atomic E-state index is 12.6. The molecule has 1 amide bonds. The molecule has 0 bridgehead atoms. The highest BCUT2D eigenvalue weighted by Crippen LogP contribution is 2.35. The van der Waals surface area contributed by atoms with Crippen molar-refractivity contribution in [3.63, 3.8) is 0 Å². The van der Waals surface area contributed by atoms with Gasteiger partial charge in [0.1, 0.15) is 11.1 Å². The van der Waals surface area contributed by atoms with Gasteiger partial charge in [0, 0.05) is 38.6 Å². The number of ether oxygens (including phenoxy) is 1. The Morgan fingerprint density at radius 2 is 1.94 bits per heavy atom. The summed E-state index contributed by atoms with van der Waals surface area (Å²) in [6.07, 6.45) is 5.42. The minimum Gasteiger partial charge on any atom is -0.444 e. The largest absolute Gasteiger partial charge is 0.444 e. The molecule has 0 atom stereocenters. The van der Waals surface area contributed by atoms with Crippen LogP contribution in [0.1, 0.15) is 45.6 Å². The van der Waals surface area contributed by atoms with Crippen LogP contribution in [0.2, 0.25) is 0 Å². The Morgan fingerprint density at radius 3 is 2.69 bits per heavy atom. The molecule has 1 aromatic heterocycles. The van der Waals surface area contributed by atoms with Crippen LogP contribution < -0.4 is 4.90 Å². The molecule has 4 heterocycles. The fraction of sp³-hybridized carbons (Fsp3) is 0.625. The zero-order valence-corrected chi connectivity index (χ0v) is 19.3. The fourth-order valence-electron chi connectivity index (χ4n) is 4.95. The third-order valence-electron chi connectivity index (χ3n) is 6.53. The van der Waals surface area contributed by atoms with E-state index in [-0.39, 0.29) is 6.09 Å². The van der Waals surface area contributed by atoms with Gasteiger partial charge in [-0.15, -0.1) is 0 Å². The molecule has 0 unspecified atom stereocenters. The molecule has 32 heavy (non-hydrogen) atoms. The van der Waals surface area contributed by atoms with E-state index in [1.807, 2.05) is 26.8 Å². The Morgan fingerprint density at radius 1 is 1.16 bits per heavy atom. The average Bonchev–Trinajstić information content (AvgIpc) is 3.40. The summed E-state index contributed by atoms with van der Waals surface area (Å²) in [5.41, 5.74) is 4.33. The van der Waals surface area contributed by atoms with Crippen LogP contribution in [0.15, 0.2) is 22.8 Å². The first-order valence-electron chi connectivity index (χ1n) is 11.8. The number of nitrogens with zero attached hydrogens (tertiary/aromatic N) is 5. The van der Waals surface area contributed by atoms with Crippen LogP contribution >= 0.6 is 0 Å². The molecule has 2 fully saturated rings. The summed E-state index contributed by atoms with van der Waals surface area (Å²) in [6, 6.07) is 4.20. The third kappa shape index (κ3) is 4.46. The van der Waals surface area contributed by atoms with Crippen LogP contribution in [0.3, 0.4) is 0 Å². The number of hydrogen-bond acceptors (Lipinski definition) is 7. The Kier molecular flexibility index (Phi) is 5.57. The summed E-state index contributed by atoms with van der Waals surface area (Å²) >= 11 is 0. The van der Waals surface area contributed by atoms with E-state index in [1.165, 1.54) is 32.5 Å². The Balaban J connectivity index is 1.32. The van der Waals surface area contributed by atoms with Crippen molar-refractivity contribution in [2.45, 2.75) is 45.6 Å². The number of hydrogen-bond donors (Lipinski definition) is 0. The van der Waals surface area contributed by atoms with Crippen LogP contribution in [0.4, 0.5) is 10.5 Å². The van der Waals surface area contributed by atoms with Gasteiger partial charge in [-0.25, -0.2) is 9.42 Å². The molecule has 172 valence electrons. The van der Waals surface area contributed by atoms with Gasteiger partial charge in [0.25, 0.3) is 0 Å². The summed E-state index contributed by atoms with van der Waals surface area (Å²) in [7, 11) is 0. The SMILES string of the molecule is CC(C)(C)OC(=O)N1CCC=C(c2cc(N3CC(CN4CCCC4)C3)c3nonc3c2)C1. The topological polar surface area (TPSA) is 74.9 Å². The van der Waals surface area contributed by atoms with Crippen LogP contribution in [-0.2, 0) is 4.74 Å². The molecule has 2 aromatic rings. The minimum atomic E-state index is -0.500. The highest BCUT2D eigenvalue weighted by atomic mass is 16.6. The second-order valence-corrected chi connectivity index (χ2v) is 10.3. The number of carbonyl (C=O) groups is 1. The van der Waals surface area contributed by atoms with Crippen molar-refractivity contribution in [1.82, 2.24) is 20.1 Å². The average molecular weight is 440 g/mol. The molecular formula is C24H33N5O3. The number of fused-ring (bicyclic) bond motifs is 1. The van der Waals surface area contributed by atoms with Crippen molar-refractivity contribution in [3.05, 3.63) is 23.8 Å². The molecule has 0 saturated carbocycles. The van der Waals surface area contributed by atoms with E-state index in [2.05, 4.69) is 32.3 Å². The molecule has 3 aliphatic heterocycles. The van der Waals surface area contributed by atoms with Crippen LogP contribution in [0, 0.1) is 5.92 Å². The zero-order valence-electron chi connectivity index (χ0n) is 19.3. The van der Waals surface area contributed by atoms with Crippen molar-refractivity contribution in [2.24, 2.45) is 5.92 Å². The van der Waals surface area contributed by atoms with Crippen molar-refractivity contribution < 1.29 is 14.2 Å². The number of likely N-dealkylation sites (tertiary alicyclic amines) is 1. The molecule has 8 heteroatoms. The number of anilines is 1. The molecule has 0 radical (unpaired) electrons. The first kappa shape index (κ1) is 21.2. The van der Waals surface area contributed by atoms with E-state index >= 15 is 0 Å². The monoisotopic (exact) mass is 439 g/mol. The predicted octanol–water partition coefficient (Wildman–Crippen LogP) is 3.78. The highest BCUT2D eigenvalue weighted by molar-refractivity contribution is 5.92. The molecular weight excluding hydrogens is 406 g/mol. The standard InChI is InChI=1S/C24H33N5O3/c1-24(2,3)31-23(30)28-10-6-7-18(16-28)19-11-20-22(26-32-25-20)21(12-19)29-14-17(15-29)13-27-8-4-5-9-27/h7,11-12,17H,4-6,8-10,13-16H2,1-3H3.